The quantitative estimate of drug-likeness (QED) is 0.747. The van der Waals surface area contributed by atoms with Gasteiger partial charge in [0.2, 0.25) is 0 Å². The minimum atomic E-state index is 0.538. The molecule has 0 aliphatic heterocycles. The van der Waals surface area contributed by atoms with Crippen molar-refractivity contribution < 1.29 is 0 Å². The average Bonchev–Trinajstić information content (AvgIpc) is 2.40. The summed E-state index contributed by atoms with van der Waals surface area (Å²) in [5.74, 6) is 0.538. The van der Waals surface area contributed by atoms with Gasteiger partial charge >= 0.3 is 0 Å². The van der Waals surface area contributed by atoms with Crippen molar-refractivity contribution in [3.05, 3.63) is 66.0 Å². The minimum absolute atomic E-state index is 0.538. The van der Waals surface area contributed by atoms with Crippen molar-refractivity contribution in [3.8, 4) is 0 Å². The van der Waals surface area contributed by atoms with Crippen LogP contribution in [-0.2, 0) is 6.42 Å². The second kappa shape index (κ2) is 6.19. The van der Waals surface area contributed by atoms with E-state index in [1.807, 2.05) is 6.07 Å². The summed E-state index contributed by atoms with van der Waals surface area (Å²) < 4.78 is 0. The molecule has 1 aromatic heterocycles. The smallest absolute Gasteiger partial charge is 0.0923 e. The summed E-state index contributed by atoms with van der Waals surface area (Å²) in [6.07, 6.45) is 8.38. The number of benzene rings is 1. The molecule has 1 heterocycles. The van der Waals surface area contributed by atoms with Gasteiger partial charge in [-0.3, -0.25) is 4.98 Å². The zero-order valence-electron chi connectivity index (χ0n) is 10.3. The summed E-state index contributed by atoms with van der Waals surface area (Å²) in [6.45, 7) is 2.23. The molecular weight excluding hydrogens is 206 g/mol. The van der Waals surface area contributed by atoms with E-state index < -0.39 is 0 Å². The van der Waals surface area contributed by atoms with Crippen molar-refractivity contribution in [2.75, 3.05) is 0 Å². The lowest BCUT2D eigenvalue weighted by molar-refractivity contribution is 0.607. The molecule has 1 radical (unpaired) electrons. The Hall–Kier alpha value is -1.63. The molecule has 1 atom stereocenters. The number of pyridine rings is 1. The maximum Gasteiger partial charge on any atom is 0.0923 e. The normalized spacial score (nSPS) is 12.3. The van der Waals surface area contributed by atoms with Gasteiger partial charge in [0, 0.05) is 6.20 Å². The highest BCUT2D eigenvalue weighted by molar-refractivity contribution is 5.21. The molecule has 2 aromatic rings. The highest BCUT2D eigenvalue weighted by Gasteiger charge is 2.11. The zero-order chi connectivity index (χ0) is 11.9. The molecular formula is C16H18N. The third kappa shape index (κ3) is 3.42. The molecule has 0 saturated heterocycles. The van der Waals surface area contributed by atoms with Crippen LogP contribution in [-0.4, -0.2) is 4.98 Å². The van der Waals surface area contributed by atoms with Gasteiger partial charge in [-0.1, -0.05) is 49.7 Å². The fraction of sp³-hybridized carbons (Fsp3) is 0.312. The van der Waals surface area contributed by atoms with Crippen molar-refractivity contribution in [1.29, 1.82) is 0 Å². The molecule has 1 nitrogen and oxygen atoms in total. The molecule has 17 heavy (non-hydrogen) atoms. The van der Waals surface area contributed by atoms with Crippen LogP contribution < -0.4 is 0 Å². The average molecular weight is 224 g/mol. The van der Waals surface area contributed by atoms with Gasteiger partial charge in [0.15, 0.2) is 0 Å². The van der Waals surface area contributed by atoms with E-state index in [-0.39, 0.29) is 0 Å². The first-order valence-corrected chi connectivity index (χ1v) is 6.26. The third-order valence-corrected chi connectivity index (χ3v) is 3.03. The van der Waals surface area contributed by atoms with Gasteiger partial charge in [0.1, 0.15) is 0 Å². The Bertz CT molecular complexity index is 422. The maximum atomic E-state index is 4.10. The van der Waals surface area contributed by atoms with Crippen LogP contribution in [0.2, 0.25) is 0 Å². The monoisotopic (exact) mass is 224 g/mol. The SMILES string of the molecule is CCCC(Cc1ccccc1)c1[c]nccc1. The summed E-state index contributed by atoms with van der Waals surface area (Å²) in [5.41, 5.74) is 2.63. The van der Waals surface area contributed by atoms with Gasteiger partial charge < -0.3 is 0 Å². The summed E-state index contributed by atoms with van der Waals surface area (Å²) in [5, 5.41) is 0. The molecule has 0 aliphatic rings. The summed E-state index contributed by atoms with van der Waals surface area (Å²) in [6, 6.07) is 14.8. The van der Waals surface area contributed by atoms with Crippen molar-refractivity contribution in [2.45, 2.75) is 32.1 Å². The fourth-order valence-corrected chi connectivity index (χ4v) is 2.18. The van der Waals surface area contributed by atoms with Crippen molar-refractivity contribution in [1.82, 2.24) is 4.98 Å². The molecule has 0 spiro atoms. The lowest BCUT2D eigenvalue weighted by atomic mass is 9.89. The molecule has 0 saturated carbocycles. The molecule has 2 rings (SSSR count). The second-order valence-corrected chi connectivity index (χ2v) is 4.38. The van der Waals surface area contributed by atoms with E-state index in [2.05, 4.69) is 54.5 Å². The first-order valence-electron chi connectivity index (χ1n) is 6.26. The van der Waals surface area contributed by atoms with Crippen LogP contribution in [0.1, 0.15) is 36.8 Å². The van der Waals surface area contributed by atoms with E-state index in [4.69, 9.17) is 0 Å². The standard InChI is InChI=1S/C16H18N/c1-2-7-15(16-10-6-11-17-13-16)12-14-8-4-3-5-9-14/h3-6,8-11,15H,2,7,12H2,1H3. The second-order valence-electron chi connectivity index (χ2n) is 4.38. The van der Waals surface area contributed by atoms with Gasteiger partial charge in [-0.15, -0.1) is 0 Å². The van der Waals surface area contributed by atoms with Crippen LogP contribution in [0.15, 0.2) is 48.7 Å². The fourth-order valence-electron chi connectivity index (χ4n) is 2.18. The first-order chi connectivity index (χ1) is 8.40. The molecule has 0 N–H and O–H groups in total. The highest BCUT2D eigenvalue weighted by atomic mass is 14.6. The minimum Gasteiger partial charge on any atom is -0.254 e. The van der Waals surface area contributed by atoms with Gasteiger partial charge in [-0.05, 0) is 36.0 Å². The highest BCUT2D eigenvalue weighted by Crippen LogP contribution is 2.24. The molecule has 1 unspecified atom stereocenters. The van der Waals surface area contributed by atoms with E-state index in [0.717, 1.165) is 6.42 Å². The van der Waals surface area contributed by atoms with Crippen LogP contribution in [0.25, 0.3) is 0 Å². The molecule has 0 bridgehead atoms. The lowest BCUT2D eigenvalue weighted by Gasteiger charge is -2.15. The Morgan fingerprint density at radius 2 is 1.94 bits per heavy atom. The Morgan fingerprint density at radius 3 is 2.59 bits per heavy atom. The molecule has 1 heteroatoms. The summed E-state index contributed by atoms with van der Waals surface area (Å²) in [4.78, 5) is 4.10. The van der Waals surface area contributed by atoms with Crippen LogP contribution in [0.3, 0.4) is 0 Å². The van der Waals surface area contributed by atoms with Crippen LogP contribution in [0.4, 0.5) is 0 Å². The van der Waals surface area contributed by atoms with E-state index in [1.165, 1.54) is 24.0 Å². The van der Waals surface area contributed by atoms with Crippen molar-refractivity contribution in [3.63, 3.8) is 0 Å². The van der Waals surface area contributed by atoms with Gasteiger partial charge in [0.05, 0.1) is 6.20 Å². The number of rotatable bonds is 5. The lowest BCUT2D eigenvalue weighted by Crippen LogP contribution is -2.03. The maximum absolute atomic E-state index is 4.10. The van der Waals surface area contributed by atoms with E-state index >= 15 is 0 Å². The zero-order valence-corrected chi connectivity index (χ0v) is 10.3. The number of hydrogen-bond donors (Lipinski definition) is 0. The first kappa shape index (κ1) is 11.8. The van der Waals surface area contributed by atoms with Crippen LogP contribution in [0, 0.1) is 6.20 Å². The third-order valence-electron chi connectivity index (χ3n) is 3.03. The predicted octanol–water partition coefficient (Wildman–Crippen LogP) is 4.01. The van der Waals surface area contributed by atoms with Crippen LogP contribution >= 0.6 is 0 Å². The topological polar surface area (TPSA) is 12.9 Å². The summed E-state index contributed by atoms with van der Waals surface area (Å²) >= 11 is 0. The Balaban J connectivity index is 2.13. The molecule has 0 fully saturated rings. The molecule has 87 valence electrons. The molecule has 0 amide bonds. The predicted molar refractivity (Wildman–Crippen MR) is 70.9 cm³/mol. The number of nitrogens with zero attached hydrogens (tertiary/aromatic N) is 1. The van der Waals surface area contributed by atoms with Gasteiger partial charge in [0.25, 0.3) is 0 Å². The molecule has 0 aliphatic carbocycles. The van der Waals surface area contributed by atoms with Gasteiger partial charge in [-0.2, -0.15) is 0 Å². The van der Waals surface area contributed by atoms with E-state index in [1.54, 1.807) is 6.20 Å². The van der Waals surface area contributed by atoms with E-state index in [9.17, 15) is 0 Å². The number of aromatic nitrogens is 1. The van der Waals surface area contributed by atoms with Crippen molar-refractivity contribution >= 4 is 0 Å². The van der Waals surface area contributed by atoms with Gasteiger partial charge in [-0.25, -0.2) is 0 Å². The Kier molecular flexibility index (Phi) is 4.31. The van der Waals surface area contributed by atoms with E-state index in [0.29, 0.717) is 5.92 Å². The largest absolute Gasteiger partial charge is 0.254 e. The number of hydrogen-bond acceptors (Lipinski definition) is 1. The molecule has 1 aromatic carbocycles. The van der Waals surface area contributed by atoms with Crippen LogP contribution in [0.5, 0.6) is 0 Å². The Morgan fingerprint density at radius 1 is 1.12 bits per heavy atom. The Labute approximate surface area is 104 Å². The van der Waals surface area contributed by atoms with Crippen molar-refractivity contribution in [2.24, 2.45) is 0 Å². The summed E-state index contributed by atoms with van der Waals surface area (Å²) in [7, 11) is 0.